The molecule has 0 saturated heterocycles. The van der Waals surface area contributed by atoms with Gasteiger partial charge < -0.3 is 9.84 Å². The Kier molecular flexibility index (Phi) is 6.80. The smallest absolute Gasteiger partial charge is 0.323 e. The summed E-state index contributed by atoms with van der Waals surface area (Å²) in [5, 5.41) is 12.4. The average Bonchev–Trinajstić information content (AvgIpc) is 3.10. The van der Waals surface area contributed by atoms with E-state index in [1.807, 2.05) is 13.8 Å². The second kappa shape index (κ2) is 7.85. The monoisotopic (exact) mass is 271 g/mol. The molecule has 0 heterocycles. The van der Waals surface area contributed by atoms with Gasteiger partial charge in [0.2, 0.25) is 0 Å². The molecule has 19 heavy (non-hydrogen) atoms. The second-order valence-corrected chi connectivity index (χ2v) is 6.24. The van der Waals surface area contributed by atoms with E-state index < -0.39 is 11.5 Å². The van der Waals surface area contributed by atoms with Gasteiger partial charge in [-0.2, -0.15) is 0 Å². The van der Waals surface area contributed by atoms with Gasteiger partial charge in [0.15, 0.2) is 0 Å². The molecule has 0 bridgehead atoms. The molecule has 0 radical (unpaired) electrons. The van der Waals surface area contributed by atoms with E-state index in [0.29, 0.717) is 6.42 Å². The number of carbonyl (C=O) groups is 1. The van der Waals surface area contributed by atoms with E-state index >= 15 is 0 Å². The van der Waals surface area contributed by atoms with Crippen LogP contribution in [-0.2, 0) is 9.53 Å². The van der Waals surface area contributed by atoms with Crippen LogP contribution in [0.25, 0.3) is 0 Å². The Bertz CT molecular complexity index is 277. The lowest BCUT2D eigenvalue weighted by molar-refractivity contribution is -0.144. The van der Waals surface area contributed by atoms with Crippen LogP contribution in [0.4, 0.5) is 0 Å². The second-order valence-electron chi connectivity index (χ2n) is 6.24. The van der Waals surface area contributed by atoms with Gasteiger partial charge in [0.25, 0.3) is 0 Å². The molecule has 1 aliphatic carbocycles. The highest BCUT2D eigenvalue weighted by Crippen LogP contribution is 2.32. The fourth-order valence-corrected chi connectivity index (χ4v) is 2.32. The minimum absolute atomic E-state index is 0.177. The lowest BCUT2D eigenvalue weighted by atomic mass is 9.94. The highest BCUT2D eigenvalue weighted by atomic mass is 16.5. The molecule has 1 rings (SSSR count). The van der Waals surface area contributed by atoms with Gasteiger partial charge in [0.05, 0.1) is 0 Å². The zero-order valence-corrected chi connectivity index (χ0v) is 12.6. The number of carboxylic acid groups (broad SMARTS) is 1. The van der Waals surface area contributed by atoms with Crippen LogP contribution in [0.15, 0.2) is 0 Å². The van der Waals surface area contributed by atoms with Crippen molar-refractivity contribution in [1.82, 2.24) is 5.32 Å². The SMILES string of the molecule is CC(C)NC(C)(CCCCOCCC1CC1)C(=O)O. The summed E-state index contributed by atoms with van der Waals surface area (Å²) in [6, 6.07) is 0.177. The molecule has 0 aliphatic heterocycles. The lowest BCUT2D eigenvalue weighted by Crippen LogP contribution is -2.52. The minimum Gasteiger partial charge on any atom is -0.480 e. The van der Waals surface area contributed by atoms with Gasteiger partial charge in [-0.3, -0.25) is 10.1 Å². The molecule has 1 fully saturated rings. The first-order valence-corrected chi connectivity index (χ1v) is 7.53. The van der Waals surface area contributed by atoms with E-state index in [9.17, 15) is 9.90 Å². The normalized spacial score (nSPS) is 18.5. The summed E-state index contributed by atoms with van der Waals surface area (Å²) in [5.41, 5.74) is -0.817. The molecule has 1 atom stereocenters. The molecule has 0 aromatic rings. The summed E-state index contributed by atoms with van der Waals surface area (Å²) in [5.74, 6) is 0.154. The van der Waals surface area contributed by atoms with Crippen molar-refractivity contribution in [2.45, 2.75) is 70.9 Å². The number of ether oxygens (including phenoxy) is 1. The predicted octanol–water partition coefficient (Wildman–Crippen LogP) is 2.81. The number of aliphatic carboxylic acids is 1. The molecule has 4 heteroatoms. The Labute approximate surface area is 116 Å². The molecule has 0 aromatic heterocycles. The first-order chi connectivity index (χ1) is 8.94. The summed E-state index contributed by atoms with van der Waals surface area (Å²) >= 11 is 0. The number of carboxylic acids is 1. The van der Waals surface area contributed by atoms with Gasteiger partial charge >= 0.3 is 5.97 Å². The molecule has 0 aromatic carbocycles. The van der Waals surface area contributed by atoms with Crippen molar-refractivity contribution in [3.63, 3.8) is 0 Å². The molecule has 112 valence electrons. The molecule has 0 amide bonds. The van der Waals surface area contributed by atoms with Crippen LogP contribution in [0.2, 0.25) is 0 Å². The molecular formula is C15H29NO3. The summed E-state index contributed by atoms with van der Waals surface area (Å²) in [6.07, 6.45) is 6.41. The summed E-state index contributed by atoms with van der Waals surface area (Å²) in [4.78, 5) is 11.3. The highest BCUT2D eigenvalue weighted by molar-refractivity contribution is 5.78. The zero-order chi connectivity index (χ0) is 14.3. The first-order valence-electron chi connectivity index (χ1n) is 7.53. The van der Waals surface area contributed by atoms with Gasteiger partial charge in [0.1, 0.15) is 5.54 Å². The molecule has 1 unspecified atom stereocenters. The van der Waals surface area contributed by atoms with Crippen LogP contribution in [-0.4, -0.2) is 35.9 Å². The quantitative estimate of drug-likeness (QED) is 0.567. The van der Waals surface area contributed by atoms with Crippen molar-refractivity contribution in [3.05, 3.63) is 0 Å². The van der Waals surface area contributed by atoms with Crippen molar-refractivity contribution in [2.75, 3.05) is 13.2 Å². The topological polar surface area (TPSA) is 58.6 Å². The van der Waals surface area contributed by atoms with Crippen molar-refractivity contribution >= 4 is 5.97 Å². The fourth-order valence-electron chi connectivity index (χ4n) is 2.32. The number of rotatable bonds is 11. The molecular weight excluding hydrogens is 242 g/mol. The molecule has 1 saturated carbocycles. The third kappa shape index (κ3) is 6.92. The van der Waals surface area contributed by atoms with Crippen LogP contribution in [0.5, 0.6) is 0 Å². The van der Waals surface area contributed by atoms with Crippen molar-refractivity contribution in [2.24, 2.45) is 5.92 Å². The average molecular weight is 271 g/mol. The number of nitrogens with one attached hydrogen (secondary N) is 1. The van der Waals surface area contributed by atoms with Gasteiger partial charge in [-0.15, -0.1) is 0 Å². The Morgan fingerprint density at radius 3 is 2.58 bits per heavy atom. The third-order valence-electron chi connectivity index (χ3n) is 3.66. The van der Waals surface area contributed by atoms with E-state index in [4.69, 9.17) is 4.74 Å². The van der Waals surface area contributed by atoms with Crippen LogP contribution in [0.1, 0.15) is 59.3 Å². The van der Waals surface area contributed by atoms with E-state index in [2.05, 4.69) is 5.32 Å². The van der Waals surface area contributed by atoms with Gasteiger partial charge in [0, 0.05) is 19.3 Å². The van der Waals surface area contributed by atoms with E-state index in [1.54, 1.807) is 6.92 Å². The van der Waals surface area contributed by atoms with Gasteiger partial charge in [-0.1, -0.05) is 12.8 Å². The Balaban J connectivity index is 2.08. The fraction of sp³-hybridized carbons (Fsp3) is 0.933. The van der Waals surface area contributed by atoms with Gasteiger partial charge in [-0.05, 0) is 52.4 Å². The molecule has 2 N–H and O–H groups in total. The molecule has 0 spiro atoms. The Morgan fingerprint density at radius 1 is 1.37 bits per heavy atom. The van der Waals surface area contributed by atoms with Crippen molar-refractivity contribution < 1.29 is 14.6 Å². The van der Waals surface area contributed by atoms with Crippen LogP contribution in [0.3, 0.4) is 0 Å². The molecule has 1 aliphatic rings. The largest absolute Gasteiger partial charge is 0.480 e. The van der Waals surface area contributed by atoms with Crippen molar-refractivity contribution in [3.8, 4) is 0 Å². The maximum absolute atomic E-state index is 11.3. The van der Waals surface area contributed by atoms with E-state index in [0.717, 1.165) is 32.0 Å². The standard InChI is InChI=1S/C15H29NO3/c1-12(2)16-15(3,14(17)18)9-4-5-10-19-11-8-13-6-7-13/h12-13,16H,4-11H2,1-3H3,(H,17,18). The minimum atomic E-state index is -0.817. The van der Waals surface area contributed by atoms with Crippen LogP contribution < -0.4 is 5.32 Å². The Hall–Kier alpha value is -0.610. The maximum atomic E-state index is 11.3. The highest BCUT2D eigenvalue weighted by Gasteiger charge is 2.32. The summed E-state index contributed by atoms with van der Waals surface area (Å²) < 4.78 is 5.57. The van der Waals surface area contributed by atoms with Crippen molar-refractivity contribution in [1.29, 1.82) is 0 Å². The van der Waals surface area contributed by atoms with Crippen LogP contribution in [0, 0.1) is 5.92 Å². The van der Waals surface area contributed by atoms with Crippen LogP contribution >= 0.6 is 0 Å². The van der Waals surface area contributed by atoms with E-state index in [1.165, 1.54) is 19.3 Å². The summed E-state index contributed by atoms with van der Waals surface area (Å²) in [7, 11) is 0. The maximum Gasteiger partial charge on any atom is 0.323 e. The third-order valence-corrected chi connectivity index (χ3v) is 3.66. The zero-order valence-electron chi connectivity index (χ0n) is 12.6. The predicted molar refractivity (Wildman–Crippen MR) is 76.3 cm³/mol. The Morgan fingerprint density at radius 2 is 2.05 bits per heavy atom. The number of hydrogen-bond donors (Lipinski definition) is 2. The summed E-state index contributed by atoms with van der Waals surface area (Å²) in [6.45, 7) is 7.34. The number of unbranched alkanes of at least 4 members (excludes halogenated alkanes) is 1. The van der Waals surface area contributed by atoms with Gasteiger partial charge in [-0.25, -0.2) is 0 Å². The molecule has 4 nitrogen and oxygen atoms in total. The number of hydrogen-bond acceptors (Lipinski definition) is 3. The lowest BCUT2D eigenvalue weighted by Gasteiger charge is -2.28. The van der Waals surface area contributed by atoms with E-state index in [-0.39, 0.29) is 6.04 Å². The first kappa shape index (κ1) is 16.4.